The minimum absolute atomic E-state index is 0.371. The molecule has 1 saturated heterocycles. The van der Waals surface area contributed by atoms with Crippen LogP contribution in [0.5, 0.6) is 5.75 Å². The van der Waals surface area contributed by atoms with E-state index < -0.39 is 0 Å². The van der Waals surface area contributed by atoms with E-state index in [1.807, 2.05) is 36.0 Å². The van der Waals surface area contributed by atoms with Crippen molar-refractivity contribution >= 4 is 11.8 Å². The van der Waals surface area contributed by atoms with E-state index in [1.165, 1.54) is 0 Å². The second kappa shape index (κ2) is 7.42. The molecule has 0 N–H and O–H groups in total. The van der Waals surface area contributed by atoms with E-state index in [2.05, 4.69) is 13.0 Å². The highest BCUT2D eigenvalue weighted by Gasteiger charge is 2.23. The minimum Gasteiger partial charge on any atom is -0.493 e. The number of benzene rings is 1. The highest BCUT2D eigenvalue weighted by Crippen LogP contribution is 2.26. The molecule has 2 rings (SSSR count). The summed E-state index contributed by atoms with van der Waals surface area (Å²) in [6, 6.07) is 9.88. The van der Waals surface area contributed by atoms with E-state index in [1.54, 1.807) is 0 Å². The summed E-state index contributed by atoms with van der Waals surface area (Å²) in [6.45, 7) is 3.74. The Bertz CT molecular complexity index is 427. The molecular weight excluding hydrogens is 258 g/mol. The number of nitrogens with zero attached hydrogens (tertiary/aromatic N) is 1. The number of hydrogen-bond donors (Lipinski definition) is 0. The average Bonchev–Trinajstić information content (AvgIpc) is 2.83. The van der Waals surface area contributed by atoms with Crippen LogP contribution >= 0.6 is 11.8 Å². The largest absolute Gasteiger partial charge is 0.493 e. The third-order valence-electron chi connectivity index (χ3n) is 3.20. The normalized spacial score (nSPS) is 22.1. The van der Waals surface area contributed by atoms with Crippen molar-refractivity contribution in [3.8, 4) is 11.8 Å². The molecule has 0 amide bonds. The predicted octanol–water partition coefficient (Wildman–Crippen LogP) is 3.04. The maximum Gasteiger partial charge on any atom is 0.119 e. The first kappa shape index (κ1) is 14.2. The van der Waals surface area contributed by atoms with E-state index >= 15 is 0 Å². The molecule has 1 aliphatic heterocycles. The Morgan fingerprint density at radius 1 is 1.42 bits per heavy atom. The molecular formula is C15H19NO2S. The number of rotatable bonds is 6. The first-order chi connectivity index (χ1) is 9.29. The SMILES string of the molecule is CC1OCCC1SCCOc1ccc(CC#N)cc1. The molecule has 19 heavy (non-hydrogen) atoms. The summed E-state index contributed by atoms with van der Waals surface area (Å²) >= 11 is 1.93. The summed E-state index contributed by atoms with van der Waals surface area (Å²) < 4.78 is 11.2. The van der Waals surface area contributed by atoms with E-state index in [0.717, 1.165) is 30.1 Å². The van der Waals surface area contributed by atoms with Gasteiger partial charge in [-0.3, -0.25) is 0 Å². The van der Waals surface area contributed by atoms with Gasteiger partial charge in [-0.1, -0.05) is 12.1 Å². The van der Waals surface area contributed by atoms with E-state index in [0.29, 0.717) is 24.4 Å². The highest BCUT2D eigenvalue weighted by atomic mass is 32.2. The summed E-state index contributed by atoms with van der Waals surface area (Å²) in [6.07, 6.45) is 1.97. The van der Waals surface area contributed by atoms with Crippen molar-refractivity contribution in [3.05, 3.63) is 29.8 Å². The fourth-order valence-electron chi connectivity index (χ4n) is 2.08. The topological polar surface area (TPSA) is 42.2 Å². The quantitative estimate of drug-likeness (QED) is 0.750. The summed E-state index contributed by atoms with van der Waals surface area (Å²) in [4.78, 5) is 0. The van der Waals surface area contributed by atoms with Gasteiger partial charge in [-0.2, -0.15) is 17.0 Å². The summed E-state index contributed by atoms with van der Waals surface area (Å²) in [7, 11) is 0. The van der Waals surface area contributed by atoms with Crippen LogP contribution in [-0.2, 0) is 11.2 Å². The molecule has 4 heteroatoms. The maximum atomic E-state index is 8.59. The Kier molecular flexibility index (Phi) is 5.56. The molecule has 1 aromatic rings. The Morgan fingerprint density at radius 3 is 2.84 bits per heavy atom. The Balaban J connectivity index is 1.66. The maximum absolute atomic E-state index is 8.59. The van der Waals surface area contributed by atoms with Crippen LogP contribution < -0.4 is 4.74 Å². The first-order valence-electron chi connectivity index (χ1n) is 6.61. The van der Waals surface area contributed by atoms with Gasteiger partial charge >= 0.3 is 0 Å². The molecule has 0 saturated carbocycles. The van der Waals surface area contributed by atoms with Gasteiger partial charge in [0, 0.05) is 17.6 Å². The highest BCUT2D eigenvalue weighted by molar-refractivity contribution is 8.00. The third-order valence-corrected chi connectivity index (χ3v) is 4.65. The molecule has 0 bridgehead atoms. The number of ether oxygens (including phenoxy) is 2. The van der Waals surface area contributed by atoms with E-state index in [9.17, 15) is 0 Å². The van der Waals surface area contributed by atoms with Crippen molar-refractivity contribution < 1.29 is 9.47 Å². The zero-order valence-electron chi connectivity index (χ0n) is 11.2. The van der Waals surface area contributed by atoms with Crippen LogP contribution in [0.2, 0.25) is 0 Å². The molecule has 2 unspecified atom stereocenters. The van der Waals surface area contributed by atoms with E-state index in [-0.39, 0.29) is 0 Å². The molecule has 1 heterocycles. The van der Waals surface area contributed by atoms with Crippen molar-refractivity contribution in [1.29, 1.82) is 5.26 Å². The second-order valence-electron chi connectivity index (χ2n) is 4.60. The van der Waals surface area contributed by atoms with Gasteiger partial charge in [0.25, 0.3) is 0 Å². The Labute approximate surface area is 118 Å². The zero-order valence-corrected chi connectivity index (χ0v) is 12.0. The monoisotopic (exact) mass is 277 g/mol. The van der Waals surface area contributed by atoms with Gasteiger partial charge in [-0.05, 0) is 31.0 Å². The van der Waals surface area contributed by atoms with Crippen LogP contribution in [0, 0.1) is 11.3 Å². The molecule has 0 aromatic heterocycles. The van der Waals surface area contributed by atoms with Gasteiger partial charge in [-0.25, -0.2) is 0 Å². The predicted molar refractivity (Wildman–Crippen MR) is 77.5 cm³/mol. The summed E-state index contributed by atoms with van der Waals surface area (Å²) in [5.74, 6) is 1.86. The van der Waals surface area contributed by atoms with Crippen molar-refractivity contribution in [2.75, 3.05) is 19.0 Å². The number of hydrogen-bond acceptors (Lipinski definition) is 4. The van der Waals surface area contributed by atoms with Gasteiger partial charge in [-0.15, -0.1) is 0 Å². The van der Waals surface area contributed by atoms with Crippen molar-refractivity contribution in [1.82, 2.24) is 0 Å². The molecule has 0 radical (unpaired) electrons. The molecule has 102 valence electrons. The van der Waals surface area contributed by atoms with Gasteiger partial charge in [0.2, 0.25) is 0 Å². The van der Waals surface area contributed by atoms with Crippen molar-refractivity contribution in [2.45, 2.75) is 31.1 Å². The van der Waals surface area contributed by atoms with Crippen molar-refractivity contribution in [3.63, 3.8) is 0 Å². The number of thioether (sulfide) groups is 1. The van der Waals surface area contributed by atoms with Crippen LogP contribution in [0.3, 0.4) is 0 Å². The molecule has 1 aliphatic rings. The molecule has 1 fully saturated rings. The Morgan fingerprint density at radius 2 is 2.21 bits per heavy atom. The van der Waals surface area contributed by atoms with Gasteiger partial charge in [0.15, 0.2) is 0 Å². The minimum atomic E-state index is 0.371. The molecule has 2 atom stereocenters. The Hall–Kier alpha value is -1.18. The standard InChI is InChI=1S/C15H19NO2S/c1-12-15(7-9-17-12)19-11-10-18-14-4-2-13(3-5-14)6-8-16/h2-5,12,15H,6-7,9-11H2,1H3. The zero-order chi connectivity index (χ0) is 13.5. The summed E-state index contributed by atoms with van der Waals surface area (Å²) in [5.41, 5.74) is 1.03. The van der Waals surface area contributed by atoms with Crippen LogP contribution in [0.15, 0.2) is 24.3 Å². The van der Waals surface area contributed by atoms with Gasteiger partial charge < -0.3 is 9.47 Å². The molecule has 1 aromatic carbocycles. The lowest BCUT2D eigenvalue weighted by Gasteiger charge is -2.13. The fraction of sp³-hybridized carbons (Fsp3) is 0.533. The van der Waals surface area contributed by atoms with Crippen LogP contribution in [-0.4, -0.2) is 30.3 Å². The van der Waals surface area contributed by atoms with Crippen LogP contribution in [0.25, 0.3) is 0 Å². The molecule has 0 aliphatic carbocycles. The van der Waals surface area contributed by atoms with E-state index in [4.69, 9.17) is 14.7 Å². The lowest BCUT2D eigenvalue weighted by atomic mass is 10.2. The lowest BCUT2D eigenvalue weighted by molar-refractivity contribution is 0.127. The summed E-state index contributed by atoms with van der Waals surface area (Å²) in [5, 5.41) is 9.21. The van der Waals surface area contributed by atoms with Crippen molar-refractivity contribution in [2.24, 2.45) is 0 Å². The second-order valence-corrected chi connectivity index (χ2v) is 5.95. The lowest BCUT2D eigenvalue weighted by Crippen LogP contribution is -2.15. The first-order valence-corrected chi connectivity index (χ1v) is 7.66. The molecule has 0 spiro atoms. The fourth-order valence-corrected chi connectivity index (χ4v) is 3.18. The average molecular weight is 277 g/mol. The molecule has 3 nitrogen and oxygen atoms in total. The third kappa shape index (κ3) is 4.45. The van der Waals surface area contributed by atoms with Gasteiger partial charge in [0.1, 0.15) is 5.75 Å². The van der Waals surface area contributed by atoms with Gasteiger partial charge in [0.05, 0.1) is 25.2 Å². The smallest absolute Gasteiger partial charge is 0.119 e. The van der Waals surface area contributed by atoms with Crippen LogP contribution in [0.1, 0.15) is 18.9 Å². The number of nitriles is 1. The van der Waals surface area contributed by atoms with Crippen LogP contribution in [0.4, 0.5) is 0 Å².